The highest BCUT2D eigenvalue weighted by atomic mass is 31.1. The quantitative estimate of drug-likeness (QED) is 0.553. The fourth-order valence-electron chi connectivity index (χ4n) is 1.66. The van der Waals surface area contributed by atoms with E-state index >= 15 is 0 Å². The van der Waals surface area contributed by atoms with Crippen LogP contribution >= 0.6 is 8.58 Å². The fourth-order valence-corrected chi connectivity index (χ4v) is 3.14. The lowest BCUT2D eigenvalue weighted by atomic mass is 9.99. The highest BCUT2D eigenvalue weighted by Crippen LogP contribution is 2.30. The summed E-state index contributed by atoms with van der Waals surface area (Å²) in [6.07, 6.45) is 10.5. The average molecular weight is 158 g/mol. The summed E-state index contributed by atoms with van der Waals surface area (Å²) in [5.41, 5.74) is 0. The molecule has 1 heteroatoms. The number of hydrogen-bond acceptors (Lipinski definition) is 0. The average Bonchev–Trinajstić information content (AvgIpc) is 2.03. The first-order valence-corrected chi connectivity index (χ1v) is 6.05. The maximum Gasteiger partial charge on any atom is -0.0325 e. The summed E-state index contributed by atoms with van der Waals surface area (Å²) in [6, 6.07) is 0. The first-order chi connectivity index (χ1) is 4.93. The zero-order chi connectivity index (χ0) is 7.23. The lowest BCUT2D eigenvalue weighted by Gasteiger charge is -2.20. The van der Waals surface area contributed by atoms with E-state index in [9.17, 15) is 0 Å². The van der Waals surface area contributed by atoms with E-state index in [-0.39, 0.29) is 0 Å². The molecule has 1 heterocycles. The first kappa shape index (κ1) is 8.53. The highest BCUT2D eigenvalue weighted by Gasteiger charge is 2.11. The Balaban J connectivity index is 2.02. The Morgan fingerprint density at radius 2 is 2.40 bits per heavy atom. The molecule has 1 saturated heterocycles. The summed E-state index contributed by atoms with van der Waals surface area (Å²) in [4.78, 5) is 0. The maximum absolute atomic E-state index is 2.30. The Morgan fingerprint density at radius 1 is 1.50 bits per heavy atom. The SMILES string of the molecule is CCCCC1CCCPC1. The minimum absolute atomic E-state index is 1.12. The lowest BCUT2D eigenvalue weighted by Crippen LogP contribution is -2.08. The van der Waals surface area contributed by atoms with Gasteiger partial charge in [0, 0.05) is 0 Å². The van der Waals surface area contributed by atoms with Crippen LogP contribution in [-0.4, -0.2) is 12.3 Å². The van der Waals surface area contributed by atoms with Crippen molar-refractivity contribution in [3.8, 4) is 0 Å². The van der Waals surface area contributed by atoms with Crippen molar-refractivity contribution in [3.05, 3.63) is 0 Å². The Morgan fingerprint density at radius 3 is 3.00 bits per heavy atom. The normalized spacial score (nSPS) is 29.1. The van der Waals surface area contributed by atoms with Gasteiger partial charge in [0.2, 0.25) is 0 Å². The van der Waals surface area contributed by atoms with Crippen LogP contribution in [0.4, 0.5) is 0 Å². The molecule has 0 radical (unpaired) electrons. The molecule has 0 saturated carbocycles. The molecule has 0 aromatic heterocycles. The van der Waals surface area contributed by atoms with Crippen LogP contribution in [0, 0.1) is 5.92 Å². The summed E-state index contributed by atoms with van der Waals surface area (Å²) in [5.74, 6) is 1.12. The van der Waals surface area contributed by atoms with Crippen molar-refractivity contribution in [1.82, 2.24) is 0 Å². The van der Waals surface area contributed by atoms with E-state index in [4.69, 9.17) is 0 Å². The van der Waals surface area contributed by atoms with Gasteiger partial charge in [0.05, 0.1) is 0 Å². The largest absolute Gasteiger partial charge is 0.122 e. The Kier molecular flexibility index (Phi) is 4.37. The van der Waals surface area contributed by atoms with Crippen LogP contribution < -0.4 is 0 Å². The van der Waals surface area contributed by atoms with Gasteiger partial charge < -0.3 is 0 Å². The molecule has 0 spiro atoms. The van der Waals surface area contributed by atoms with Crippen molar-refractivity contribution >= 4 is 8.58 Å². The van der Waals surface area contributed by atoms with Crippen LogP contribution in [0.5, 0.6) is 0 Å². The second-order valence-corrected chi connectivity index (χ2v) is 4.76. The second-order valence-electron chi connectivity index (χ2n) is 3.35. The van der Waals surface area contributed by atoms with E-state index in [1.54, 1.807) is 6.16 Å². The van der Waals surface area contributed by atoms with E-state index in [1.165, 1.54) is 46.8 Å². The predicted molar refractivity (Wildman–Crippen MR) is 50.3 cm³/mol. The summed E-state index contributed by atoms with van der Waals surface area (Å²) in [6.45, 7) is 2.30. The molecule has 0 nitrogen and oxygen atoms in total. The minimum atomic E-state index is 1.12. The summed E-state index contributed by atoms with van der Waals surface area (Å²) in [7, 11) is 1.29. The van der Waals surface area contributed by atoms with Gasteiger partial charge in [-0.25, -0.2) is 0 Å². The molecule has 0 N–H and O–H groups in total. The summed E-state index contributed by atoms with van der Waals surface area (Å²) >= 11 is 0. The molecule has 2 unspecified atom stereocenters. The Labute approximate surface area is 66.6 Å². The Hall–Kier alpha value is 0.430. The van der Waals surface area contributed by atoms with Crippen molar-refractivity contribution in [1.29, 1.82) is 0 Å². The molecule has 10 heavy (non-hydrogen) atoms. The van der Waals surface area contributed by atoms with Crippen LogP contribution in [0.15, 0.2) is 0 Å². The molecule has 1 aliphatic rings. The zero-order valence-corrected chi connectivity index (χ0v) is 8.03. The molecule has 1 fully saturated rings. The number of rotatable bonds is 3. The van der Waals surface area contributed by atoms with Crippen LogP contribution in [0.3, 0.4) is 0 Å². The Bertz CT molecular complexity index is 74.8. The molecule has 60 valence electrons. The number of hydrogen-bond donors (Lipinski definition) is 0. The monoisotopic (exact) mass is 158 g/mol. The van der Waals surface area contributed by atoms with Gasteiger partial charge in [0.25, 0.3) is 0 Å². The predicted octanol–water partition coefficient (Wildman–Crippen LogP) is 3.27. The van der Waals surface area contributed by atoms with Crippen molar-refractivity contribution in [2.24, 2.45) is 5.92 Å². The smallest absolute Gasteiger partial charge is 0.0325 e. The molecule has 0 amide bonds. The van der Waals surface area contributed by atoms with E-state index in [0.29, 0.717) is 0 Å². The van der Waals surface area contributed by atoms with Gasteiger partial charge in [-0.05, 0) is 31.1 Å². The maximum atomic E-state index is 2.30. The molecule has 0 bridgehead atoms. The summed E-state index contributed by atoms with van der Waals surface area (Å²) in [5, 5.41) is 0. The minimum Gasteiger partial charge on any atom is -0.122 e. The van der Waals surface area contributed by atoms with E-state index in [0.717, 1.165) is 5.92 Å². The molecule has 2 atom stereocenters. The molecule has 1 aliphatic heterocycles. The third kappa shape index (κ3) is 3.01. The van der Waals surface area contributed by atoms with Crippen molar-refractivity contribution < 1.29 is 0 Å². The van der Waals surface area contributed by atoms with Crippen molar-refractivity contribution in [2.45, 2.75) is 39.0 Å². The fraction of sp³-hybridized carbons (Fsp3) is 1.00. The highest BCUT2D eigenvalue weighted by molar-refractivity contribution is 7.38. The van der Waals surface area contributed by atoms with Gasteiger partial charge in [0.15, 0.2) is 0 Å². The van der Waals surface area contributed by atoms with Gasteiger partial charge in [-0.1, -0.05) is 26.2 Å². The standard InChI is InChI=1S/C9H19P/c1-2-3-5-9-6-4-7-10-8-9/h9-10H,2-8H2,1H3. The van der Waals surface area contributed by atoms with Gasteiger partial charge in [-0.15, -0.1) is 8.58 Å². The molecular formula is C9H19P. The van der Waals surface area contributed by atoms with Crippen LogP contribution in [-0.2, 0) is 0 Å². The van der Waals surface area contributed by atoms with Crippen LogP contribution in [0.2, 0.25) is 0 Å². The van der Waals surface area contributed by atoms with E-state index in [1.807, 2.05) is 0 Å². The molecule has 0 aromatic rings. The topological polar surface area (TPSA) is 0 Å². The van der Waals surface area contributed by atoms with Crippen LogP contribution in [0.1, 0.15) is 39.0 Å². The van der Waals surface area contributed by atoms with Gasteiger partial charge in [-0.2, -0.15) is 0 Å². The molecule has 0 aliphatic carbocycles. The summed E-state index contributed by atoms with van der Waals surface area (Å²) < 4.78 is 0. The van der Waals surface area contributed by atoms with E-state index in [2.05, 4.69) is 6.92 Å². The third-order valence-corrected chi connectivity index (χ3v) is 3.94. The van der Waals surface area contributed by atoms with Crippen LogP contribution in [0.25, 0.3) is 0 Å². The van der Waals surface area contributed by atoms with E-state index < -0.39 is 0 Å². The van der Waals surface area contributed by atoms with Gasteiger partial charge in [0.1, 0.15) is 0 Å². The number of unbranched alkanes of at least 4 members (excludes halogenated alkanes) is 1. The second kappa shape index (κ2) is 5.13. The zero-order valence-electron chi connectivity index (χ0n) is 7.03. The lowest BCUT2D eigenvalue weighted by molar-refractivity contribution is 0.464. The van der Waals surface area contributed by atoms with Crippen molar-refractivity contribution in [2.75, 3.05) is 12.3 Å². The third-order valence-electron chi connectivity index (χ3n) is 2.36. The molecular weight excluding hydrogens is 139 g/mol. The first-order valence-electron chi connectivity index (χ1n) is 4.64. The molecule has 1 rings (SSSR count). The van der Waals surface area contributed by atoms with Gasteiger partial charge >= 0.3 is 0 Å². The van der Waals surface area contributed by atoms with Crippen molar-refractivity contribution in [3.63, 3.8) is 0 Å². The molecule has 0 aromatic carbocycles. The van der Waals surface area contributed by atoms with Gasteiger partial charge in [-0.3, -0.25) is 0 Å².